The molecule has 5 heteroatoms. The number of likely N-dealkylation sites (tertiary alicyclic amines) is 1. The highest BCUT2D eigenvalue weighted by molar-refractivity contribution is 5.97. The average Bonchev–Trinajstić information content (AvgIpc) is 2.86. The zero-order valence-corrected chi connectivity index (χ0v) is 13.2. The highest BCUT2D eigenvalue weighted by Crippen LogP contribution is 2.37. The molecule has 1 aliphatic heterocycles. The number of aromatic nitrogens is 1. The number of amides is 2. The molecule has 0 unspecified atom stereocenters. The van der Waals surface area contributed by atoms with Gasteiger partial charge in [0.05, 0.1) is 12.0 Å². The summed E-state index contributed by atoms with van der Waals surface area (Å²) in [6, 6.07) is 13.1. The molecule has 1 fully saturated rings. The van der Waals surface area contributed by atoms with Crippen LogP contribution < -0.4 is 5.32 Å². The Balaban J connectivity index is 1.86. The van der Waals surface area contributed by atoms with Gasteiger partial charge < -0.3 is 10.2 Å². The van der Waals surface area contributed by atoms with E-state index in [-0.39, 0.29) is 24.3 Å². The molecule has 3 rings (SSSR count). The van der Waals surface area contributed by atoms with Crippen molar-refractivity contribution < 1.29 is 9.59 Å². The van der Waals surface area contributed by atoms with E-state index >= 15 is 0 Å². The maximum Gasteiger partial charge on any atom is 0.231 e. The fourth-order valence-corrected chi connectivity index (χ4v) is 3.04. The first-order chi connectivity index (χ1) is 11.1. The van der Waals surface area contributed by atoms with Crippen LogP contribution in [0.25, 0.3) is 0 Å². The minimum atomic E-state index is -0.420. The van der Waals surface area contributed by atoms with Crippen LogP contribution >= 0.6 is 0 Å². The van der Waals surface area contributed by atoms with Crippen LogP contribution in [0.15, 0.2) is 48.7 Å². The van der Waals surface area contributed by atoms with Crippen molar-refractivity contribution in [2.45, 2.75) is 19.4 Å². The average molecular weight is 309 g/mol. The van der Waals surface area contributed by atoms with Gasteiger partial charge in [-0.2, -0.15) is 0 Å². The molecule has 0 spiro atoms. The van der Waals surface area contributed by atoms with Crippen LogP contribution in [0.5, 0.6) is 0 Å². The summed E-state index contributed by atoms with van der Waals surface area (Å²) in [5.41, 5.74) is 1.87. The van der Waals surface area contributed by atoms with Crippen molar-refractivity contribution >= 4 is 17.6 Å². The predicted molar refractivity (Wildman–Crippen MR) is 87.7 cm³/mol. The second kappa shape index (κ2) is 6.20. The van der Waals surface area contributed by atoms with Crippen LogP contribution in [0.4, 0.5) is 5.82 Å². The number of anilines is 1. The molecule has 1 aromatic carbocycles. The number of pyridine rings is 1. The summed E-state index contributed by atoms with van der Waals surface area (Å²) < 4.78 is 0. The normalized spacial score (nSPS) is 20.6. The van der Waals surface area contributed by atoms with Crippen molar-refractivity contribution in [1.82, 2.24) is 9.88 Å². The molecule has 118 valence electrons. The van der Waals surface area contributed by atoms with E-state index < -0.39 is 5.92 Å². The molecule has 1 aromatic heterocycles. The third-order valence-corrected chi connectivity index (χ3v) is 4.32. The summed E-state index contributed by atoms with van der Waals surface area (Å²) in [5, 5.41) is 2.86. The Hall–Kier alpha value is -2.69. The molecule has 1 aliphatic rings. The molecule has 2 heterocycles. The highest BCUT2D eigenvalue weighted by atomic mass is 16.2. The van der Waals surface area contributed by atoms with E-state index in [4.69, 9.17) is 0 Å². The first-order valence-corrected chi connectivity index (χ1v) is 7.61. The molecule has 1 saturated heterocycles. The Labute approximate surface area is 135 Å². The number of rotatable bonds is 3. The molecule has 2 aromatic rings. The monoisotopic (exact) mass is 309 g/mol. The Morgan fingerprint density at radius 2 is 1.96 bits per heavy atom. The summed E-state index contributed by atoms with van der Waals surface area (Å²) >= 11 is 0. The van der Waals surface area contributed by atoms with Crippen LogP contribution in [-0.4, -0.2) is 28.7 Å². The zero-order chi connectivity index (χ0) is 16.4. The summed E-state index contributed by atoms with van der Waals surface area (Å²) in [6.45, 7) is 1.89. The molecule has 2 amide bonds. The molecule has 2 atom stereocenters. The molecule has 0 aliphatic carbocycles. The van der Waals surface area contributed by atoms with Crippen LogP contribution in [0.2, 0.25) is 0 Å². The fourth-order valence-electron chi connectivity index (χ4n) is 3.04. The fraction of sp³-hybridized carbons (Fsp3) is 0.278. The van der Waals surface area contributed by atoms with Gasteiger partial charge in [-0.3, -0.25) is 9.59 Å². The molecule has 23 heavy (non-hydrogen) atoms. The number of aryl methyl sites for hydroxylation is 1. The number of hydrogen-bond acceptors (Lipinski definition) is 3. The van der Waals surface area contributed by atoms with Crippen LogP contribution in [0.3, 0.4) is 0 Å². The lowest BCUT2D eigenvalue weighted by Crippen LogP contribution is -2.30. The lowest BCUT2D eigenvalue weighted by molar-refractivity contribution is -0.127. The zero-order valence-electron chi connectivity index (χ0n) is 13.2. The number of nitrogens with zero attached hydrogens (tertiary/aromatic N) is 2. The van der Waals surface area contributed by atoms with Gasteiger partial charge in [-0.05, 0) is 24.1 Å². The Morgan fingerprint density at radius 1 is 1.22 bits per heavy atom. The number of nitrogens with one attached hydrogen (secondary N) is 1. The first-order valence-electron chi connectivity index (χ1n) is 7.61. The summed E-state index contributed by atoms with van der Waals surface area (Å²) in [4.78, 5) is 30.7. The standard InChI is InChI=1S/C18H19N3O2/c1-12-7-6-10-19-17(12)20-18(23)14-11-15(22)21(2)16(14)13-8-4-3-5-9-13/h3-10,14,16H,11H2,1-2H3,(H,19,20,23)/t14-,16-/m1/s1. The predicted octanol–water partition coefficient (Wildman–Crippen LogP) is 2.55. The van der Waals surface area contributed by atoms with Gasteiger partial charge in [0.25, 0.3) is 0 Å². The second-order valence-corrected chi connectivity index (χ2v) is 5.83. The molecular formula is C18H19N3O2. The number of hydrogen-bond donors (Lipinski definition) is 1. The van der Waals surface area contributed by atoms with Crippen molar-refractivity contribution in [1.29, 1.82) is 0 Å². The van der Waals surface area contributed by atoms with E-state index in [0.717, 1.165) is 11.1 Å². The van der Waals surface area contributed by atoms with Crippen molar-refractivity contribution in [2.75, 3.05) is 12.4 Å². The third kappa shape index (κ3) is 2.95. The molecular weight excluding hydrogens is 290 g/mol. The van der Waals surface area contributed by atoms with Gasteiger partial charge in [-0.15, -0.1) is 0 Å². The van der Waals surface area contributed by atoms with Crippen molar-refractivity contribution in [3.8, 4) is 0 Å². The first kappa shape index (κ1) is 15.2. The lowest BCUT2D eigenvalue weighted by Gasteiger charge is -2.25. The van der Waals surface area contributed by atoms with Gasteiger partial charge in [-0.1, -0.05) is 36.4 Å². The molecule has 1 N–H and O–H groups in total. The van der Waals surface area contributed by atoms with Crippen LogP contribution in [-0.2, 0) is 9.59 Å². The van der Waals surface area contributed by atoms with Crippen molar-refractivity contribution in [3.63, 3.8) is 0 Å². The van der Waals surface area contributed by atoms with Gasteiger partial charge in [0.15, 0.2) is 0 Å². The van der Waals surface area contributed by atoms with Gasteiger partial charge in [0.2, 0.25) is 11.8 Å². The van der Waals surface area contributed by atoms with E-state index in [1.807, 2.05) is 49.4 Å². The number of carbonyl (C=O) groups excluding carboxylic acids is 2. The number of carbonyl (C=O) groups is 2. The van der Waals surface area contributed by atoms with E-state index in [2.05, 4.69) is 10.3 Å². The van der Waals surface area contributed by atoms with E-state index in [9.17, 15) is 9.59 Å². The summed E-state index contributed by atoms with van der Waals surface area (Å²) in [7, 11) is 1.75. The second-order valence-electron chi connectivity index (χ2n) is 5.83. The lowest BCUT2D eigenvalue weighted by atomic mass is 9.93. The molecule has 0 bridgehead atoms. The third-order valence-electron chi connectivity index (χ3n) is 4.32. The van der Waals surface area contributed by atoms with Gasteiger partial charge in [-0.25, -0.2) is 4.98 Å². The van der Waals surface area contributed by atoms with E-state index in [1.165, 1.54) is 0 Å². The van der Waals surface area contributed by atoms with Gasteiger partial charge in [0, 0.05) is 19.7 Å². The smallest absolute Gasteiger partial charge is 0.231 e. The van der Waals surface area contributed by atoms with Crippen LogP contribution in [0, 0.1) is 12.8 Å². The largest absolute Gasteiger partial charge is 0.338 e. The van der Waals surface area contributed by atoms with Gasteiger partial charge >= 0.3 is 0 Å². The summed E-state index contributed by atoms with van der Waals surface area (Å²) in [5.74, 6) is -0.0577. The van der Waals surface area contributed by atoms with Crippen molar-refractivity contribution in [2.24, 2.45) is 5.92 Å². The SMILES string of the molecule is Cc1cccnc1NC(=O)[C@@H]1CC(=O)N(C)[C@@H]1c1ccccc1. The van der Waals surface area contributed by atoms with Crippen molar-refractivity contribution in [3.05, 3.63) is 59.8 Å². The minimum Gasteiger partial charge on any atom is -0.338 e. The molecule has 0 saturated carbocycles. The topological polar surface area (TPSA) is 62.3 Å². The number of benzene rings is 1. The van der Waals surface area contributed by atoms with E-state index in [1.54, 1.807) is 18.1 Å². The maximum absolute atomic E-state index is 12.7. The minimum absolute atomic E-state index is 0.0169. The Bertz CT molecular complexity index is 730. The van der Waals surface area contributed by atoms with E-state index in [0.29, 0.717) is 5.82 Å². The molecule has 0 radical (unpaired) electrons. The Morgan fingerprint density at radius 3 is 2.65 bits per heavy atom. The van der Waals surface area contributed by atoms with Gasteiger partial charge in [0.1, 0.15) is 5.82 Å². The molecule has 5 nitrogen and oxygen atoms in total. The maximum atomic E-state index is 12.7. The Kier molecular flexibility index (Phi) is 4.10. The highest BCUT2D eigenvalue weighted by Gasteiger charge is 2.42. The quantitative estimate of drug-likeness (QED) is 0.948. The summed E-state index contributed by atoms with van der Waals surface area (Å²) in [6.07, 6.45) is 1.86. The van der Waals surface area contributed by atoms with Crippen LogP contribution in [0.1, 0.15) is 23.6 Å².